The maximum atomic E-state index is 10.8. The molecule has 1 aliphatic carbocycles. The van der Waals surface area contributed by atoms with Crippen molar-refractivity contribution in [2.75, 3.05) is 12.3 Å². The molecule has 11 heavy (non-hydrogen) atoms. The Hall–Kier alpha value is -0.180. The van der Waals surface area contributed by atoms with Gasteiger partial charge in [-0.25, -0.2) is 0 Å². The first-order valence-electron chi connectivity index (χ1n) is 3.94. The van der Waals surface area contributed by atoms with Crippen LogP contribution in [0.1, 0.15) is 20.3 Å². The van der Waals surface area contributed by atoms with Gasteiger partial charge in [0.15, 0.2) is 0 Å². The molecule has 1 atom stereocenters. The Morgan fingerprint density at radius 2 is 2.27 bits per heavy atom. The summed E-state index contributed by atoms with van der Waals surface area (Å²) < 4.78 is 0. The third-order valence-electron chi connectivity index (χ3n) is 2.41. The van der Waals surface area contributed by atoms with Gasteiger partial charge in [0, 0.05) is 6.54 Å². The van der Waals surface area contributed by atoms with Gasteiger partial charge in [-0.2, -0.15) is 12.6 Å². The Kier molecular flexibility index (Phi) is 2.47. The average molecular weight is 173 g/mol. The van der Waals surface area contributed by atoms with Gasteiger partial charge in [-0.05, 0) is 17.8 Å². The summed E-state index contributed by atoms with van der Waals surface area (Å²) in [5, 5.41) is 2.83. The third-order valence-corrected chi connectivity index (χ3v) is 2.69. The van der Waals surface area contributed by atoms with Crippen LogP contribution in [0.4, 0.5) is 0 Å². The monoisotopic (exact) mass is 173 g/mol. The van der Waals surface area contributed by atoms with E-state index < -0.39 is 0 Å². The highest BCUT2D eigenvalue weighted by atomic mass is 32.1. The molecule has 1 rings (SSSR count). The zero-order valence-electron chi connectivity index (χ0n) is 7.05. The van der Waals surface area contributed by atoms with Crippen molar-refractivity contribution in [3.8, 4) is 0 Å². The van der Waals surface area contributed by atoms with Crippen LogP contribution in [0.5, 0.6) is 0 Å². The number of carbonyl (C=O) groups excluding carboxylic acids is 1. The maximum Gasteiger partial charge on any atom is 0.229 e. The number of nitrogens with one attached hydrogen (secondary N) is 1. The molecule has 0 saturated heterocycles. The first-order valence-corrected chi connectivity index (χ1v) is 4.57. The normalized spacial score (nSPS) is 26.3. The fourth-order valence-electron chi connectivity index (χ4n) is 1.22. The van der Waals surface area contributed by atoms with Gasteiger partial charge in [-0.3, -0.25) is 4.79 Å². The zero-order valence-corrected chi connectivity index (χ0v) is 7.95. The lowest BCUT2D eigenvalue weighted by Gasteiger charge is -2.03. The smallest absolute Gasteiger partial charge is 0.229 e. The Morgan fingerprint density at radius 3 is 2.64 bits per heavy atom. The van der Waals surface area contributed by atoms with Crippen LogP contribution in [0.2, 0.25) is 0 Å². The van der Waals surface area contributed by atoms with Gasteiger partial charge in [0.25, 0.3) is 0 Å². The molecule has 1 N–H and O–H groups in total. The van der Waals surface area contributed by atoms with Crippen LogP contribution in [0.3, 0.4) is 0 Å². The molecule has 1 fully saturated rings. The number of rotatable bonds is 3. The zero-order chi connectivity index (χ0) is 8.48. The Balaban J connectivity index is 2.11. The molecule has 1 unspecified atom stereocenters. The van der Waals surface area contributed by atoms with Crippen LogP contribution in [0.15, 0.2) is 0 Å². The van der Waals surface area contributed by atoms with Gasteiger partial charge in [-0.1, -0.05) is 13.8 Å². The van der Waals surface area contributed by atoms with Crippen molar-refractivity contribution in [2.24, 2.45) is 11.3 Å². The molecule has 0 aromatic carbocycles. The Bertz CT molecular complexity index is 167. The van der Waals surface area contributed by atoms with Crippen LogP contribution in [0.25, 0.3) is 0 Å². The summed E-state index contributed by atoms with van der Waals surface area (Å²) >= 11 is 3.87. The van der Waals surface area contributed by atoms with Crippen molar-refractivity contribution in [3.63, 3.8) is 0 Å². The SMILES string of the molecule is CC1(C)CC1CNC(=O)CS. The van der Waals surface area contributed by atoms with E-state index in [1.807, 2.05) is 0 Å². The molecule has 1 saturated carbocycles. The van der Waals surface area contributed by atoms with Crippen molar-refractivity contribution in [1.82, 2.24) is 5.32 Å². The molecule has 3 heteroatoms. The lowest BCUT2D eigenvalue weighted by molar-refractivity contribution is -0.118. The summed E-state index contributed by atoms with van der Waals surface area (Å²) in [4.78, 5) is 10.8. The fourth-order valence-corrected chi connectivity index (χ4v) is 1.33. The summed E-state index contributed by atoms with van der Waals surface area (Å²) in [7, 11) is 0. The minimum absolute atomic E-state index is 0.0380. The molecule has 0 radical (unpaired) electrons. The second kappa shape index (κ2) is 3.05. The predicted octanol–water partition coefficient (Wildman–Crippen LogP) is 1.08. The van der Waals surface area contributed by atoms with E-state index in [1.54, 1.807) is 0 Å². The number of hydrogen-bond acceptors (Lipinski definition) is 2. The molecule has 2 nitrogen and oxygen atoms in total. The largest absolute Gasteiger partial charge is 0.355 e. The second-order valence-corrected chi connectivity index (χ2v) is 4.17. The quantitative estimate of drug-likeness (QED) is 0.614. The van der Waals surface area contributed by atoms with Crippen molar-refractivity contribution in [2.45, 2.75) is 20.3 Å². The molecule has 0 aliphatic heterocycles. The molecular weight excluding hydrogens is 158 g/mol. The van der Waals surface area contributed by atoms with E-state index in [2.05, 4.69) is 31.8 Å². The van der Waals surface area contributed by atoms with Gasteiger partial charge in [0.05, 0.1) is 5.75 Å². The van der Waals surface area contributed by atoms with E-state index in [0.29, 0.717) is 17.1 Å². The van der Waals surface area contributed by atoms with Crippen LogP contribution in [-0.4, -0.2) is 18.2 Å². The van der Waals surface area contributed by atoms with Gasteiger partial charge in [-0.15, -0.1) is 0 Å². The van der Waals surface area contributed by atoms with E-state index in [4.69, 9.17) is 0 Å². The average Bonchev–Trinajstić information content (AvgIpc) is 2.54. The standard InChI is InChI=1S/C8H15NOS/c1-8(2)3-6(8)4-9-7(10)5-11/h6,11H,3-5H2,1-2H3,(H,9,10). The highest BCUT2D eigenvalue weighted by molar-refractivity contribution is 7.81. The molecule has 1 amide bonds. The first kappa shape index (κ1) is 8.91. The molecule has 0 aromatic rings. The van der Waals surface area contributed by atoms with E-state index in [9.17, 15) is 4.79 Å². The van der Waals surface area contributed by atoms with E-state index in [0.717, 1.165) is 6.54 Å². The summed E-state index contributed by atoms with van der Waals surface area (Å²) in [5.74, 6) is 1.02. The number of hydrogen-bond donors (Lipinski definition) is 2. The van der Waals surface area contributed by atoms with Crippen molar-refractivity contribution >= 4 is 18.5 Å². The van der Waals surface area contributed by atoms with Crippen molar-refractivity contribution in [1.29, 1.82) is 0 Å². The minimum Gasteiger partial charge on any atom is -0.355 e. The molecule has 0 aromatic heterocycles. The molecule has 0 bridgehead atoms. The minimum atomic E-state index is 0.0380. The van der Waals surface area contributed by atoms with Gasteiger partial charge < -0.3 is 5.32 Å². The van der Waals surface area contributed by atoms with Crippen LogP contribution in [-0.2, 0) is 4.79 Å². The number of thiol groups is 1. The molecule has 1 aliphatic rings. The van der Waals surface area contributed by atoms with E-state index in [-0.39, 0.29) is 5.91 Å². The first-order chi connectivity index (χ1) is 5.06. The topological polar surface area (TPSA) is 29.1 Å². The Morgan fingerprint density at radius 1 is 1.73 bits per heavy atom. The third kappa shape index (κ3) is 2.40. The molecule has 0 heterocycles. The molecular formula is C8H15NOS. The fraction of sp³-hybridized carbons (Fsp3) is 0.875. The predicted molar refractivity (Wildman–Crippen MR) is 48.8 cm³/mol. The van der Waals surface area contributed by atoms with Crippen molar-refractivity contribution < 1.29 is 4.79 Å². The van der Waals surface area contributed by atoms with Crippen molar-refractivity contribution in [3.05, 3.63) is 0 Å². The van der Waals surface area contributed by atoms with Gasteiger partial charge in [0.2, 0.25) is 5.91 Å². The van der Waals surface area contributed by atoms with E-state index in [1.165, 1.54) is 6.42 Å². The summed E-state index contributed by atoms with van der Waals surface area (Å²) in [6.45, 7) is 5.28. The molecule has 64 valence electrons. The number of carbonyl (C=O) groups is 1. The molecule has 0 spiro atoms. The Labute approximate surface area is 73.2 Å². The lowest BCUT2D eigenvalue weighted by Crippen LogP contribution is -2.27. The van der Waals surface area contributed by atoms with Crippen LogP contribution in [0, 0.1) is 11.3 Å². The van der Waals surface area contributed by atoms with Gasteiger partial charge >= 0.3 is 0 Å². The van der Waals surface area contributed by atoms with E-state index >= 15 is 0 Å². The summed E-state index contributed by atoms with van der Waals surface area (Å²) in [5.41, 5.74) is 0.462. The summed E-state index contributed by atoms with van der Waals surface area (Å²) in [6, 6.07) is 0. The van der Waals surface area contributed by atoms with Crippen LogP contribution < -0.4 is 5.32 Å². The lowest BCUT2D eigenvalue weighted by atomic mass is 10.1. The highest BCUT2D eigenvalue weighted by Crippen LogP contribution is 2.50. The highest BCUT2D eigenvalue weighted by Gasteiger charge is 2.45. The second-order valence-electron chi connectivity index (χ2n) is 3.85. The van der Waals surface area contributed by atoms with Crippen LogP contribution >= 0.6 is 12.6 Å². The maximum absolute atomic E-state index is 10.8. The number of amides is 1. The van der Waals surface area contributed by atoms with Gasteiger partial charge in [0.1, 0.15) is 0 Å². The summed E-state index contributed by atoms with van der Waals surface area (Å²) in [6.07, 6.45) is 1.24.